The maximum atomic E-state index is 12.6. The zero-order valence-corrected chi connectivity index (χ0v) is 16.7. The minimum absolute atomic E-state index is 0.0357. The number of aromatic nitrogens is 2. The Morgan fingerprint density at radius 3 is 2.83 bits per heavy atom. The third-order valence-corrected chi connectivity index (χ3v) is 5.09. The maximum Gasteiger partial charge on any atom is 0.257 e. The zero-order chi connectivity index (χ0) is 20.2. The highest BCUT2D eigenvalue weighted by atomic mass is 16.5. The first-order valence-electron chi connectivity index (χ1n) is 9.77. The molecule has 1 aromatic heterocycles. The molecule has 1 aliphatic rings. The average Bonchev–Trinajstić information content (AvgIpc) is 3.38. The second-order valence-corrected chi connectivity index (χ2v) is 7.52. The summed E-state index contributed by atoms with van der Waals surface area (Å²) in [7, 11) is 3.93. The minimum Gasteiger partial charge on any atom is -0.378 e. The molecule has 1 aliphatic heterocycles. The fraction of sp³-hybridized carbons (Fsp3) is 0.318. The van der Waals surface area contributed by atoms with Crippen molar-refractivity contribution in [1.82, 2.24) is 20.4 Å². The van der Waals surface area contributed by atoms with Crippen molar-refractivity contribution in [2.75, 3.05) is 32.1 Å². The van der Waals surface area contributed by atoms with Crippen LogP contribution < -0.4 is 10.2 Å². The molecule has 0 bridgehead atoms. The van der Waals surface area contributed by atoms with Crippen LogP contribution in [0.2, 0.25) is 0 Å². The first-order chi connectivity index (χ1) is 14.1. The third-order valence-electron chi connectivity index (χ3n) is 5.09. The van der Waals surface area contributed by atoms with Crippen molar-refractivity contribution >= 4 is 11.6 Å². The average molecular weight is 391 g/mol. The van der Waals surface area contributed by atoms with Gasteiger partial charge in [0, 0.05) is 50.0 Å². The molecule has 1 N–H and O–H groups in total. The topological polar surface area (TPSA) is 74.5 Å². The Morgan fingerprint density at radius 2 is 2.03 bits per heavy atom. The molecule has 3 aromatic rings. The summed E-state index contributed by atoms with van der Waals surface area (Å²) in [5.41, 5.74) is 2.61. The number of carbonyl (C=O) groups is 1. The van der Waals surface area contributed by atoms with Gasteiger partial charge in [0.15, 0.2) is 5.82 Å². The Bertz CT molecular complexity index is 970. The van der Waals surface area contributed by atoms with Crippen LogP contribution in [0.4, 0.5) is 5.69 Å². The number of nitrogens with zero attached hydrogens (tertiary/aromatic N) is 4. The highest BCUT2D eigenvalue weighted by Crippen LogP contribution is 2.19. The van der Waals surface area contributed by atoms with Crippen LogP contribution in [0, 0.1) is 0 Å². The van der Waals surface area contributed by atoms with Gasteiger partial charge in [0.05, 0.1) is 6.54 Å². The molecule has 0 unspecified atom stereocenters. The molecule has 1 atom stereocenters. The molecule has 4 rings (SSSR count). The van der Waals surface area contributed by atoms with Crippen molar-refractivity contribution in [3.8, 4) is 11.5 Å². The Hall–Kier alpha value is -3.19. The second-order valence-electron chi connectivity index (χ2n) is 7.52. The number of likely N-dealkylation sites (tertiary alicyclic amines) is 1. The highest BCUT2D eigenvalue weighted by Gasteiger charge is 2.25. The van der Waals surface area contributed by atoms with Gasteiger partial charge in [-0.15, -0.1) is 0 Å². The van der Waals surface area contributed by atoms with Crippen molar-refractivity contribution in [2.24, 2.45) is 0 Å². The van der Waals surface area contributed by atoms with E-state index in [1.54, 1.807) is 0 Å². The Balaban J connectivity index is 1.32. The van der Waals surface area contributed by atoms with Gasteiger partial charge in [-0.1, -0.05) is 29.4 Å². The van der Waals surface area contributed by atoms with Crippen LogP contribution in [0.1, 0.15) is 22.6 Å². The van der Waals surface area contributed by atoms with Gasteiger partial charge in [-0.05, 0) is 36.8 Å². The second kappa shape index (κ2) is 8.45. The maximum absolute atomic E-state index is 12.6. The normalized spacial score (nSPS) is 16.7. The van der Waals surface area contributed by atoms with E-state index in [4.69, 9.17) is 4.52 Å². The lowest BCUT2D eigenvalue weighted by Gasteiger charge is -2.16. The summed E-state index contributed by atoms with van der Waals surface area (Å²) in [4.78, 5) is 21.3. The van der Waals surface area contributed by atoms with E-state index in [0.29, 0.717) is 23.8 Å². The molecule has 0 saturated carbocycles. The van der Waals surface area contributed by atoms with Gasteiger partial charge < -0.3 is 14.7 Å². The van der Waals surface area contributed by atoms with E-state index in [0.717, 1.165) is 30.8 Å². The molecule has 150 valence electrons. The van der Waals surface area contributed by atoms with Crippen LogP contribution in [0.15, 0.2) is 59.1 Å². The summed E-state index contributed by atoms with van der Waals surface area (Å²) >= 11 is 0. The van der Waals surface area contributed by atoms with Gasteiger partial charge in [0.2, 0.25) is 0 Å². The summed E-state index contributed by atoms with van der Waals surface area (Å²) in [5, 5.41) is 7.24. The fourth-order valence-corrected chi connectivity index (χ4v) is 3.50. The van der Waals surface area contributed by atoms with Crippen LogP contribution in [0.5, 0.6) is 0 Å². The Morgan fingerprint density at radius 1 is 1.21 bits per heavy atom. The lowest BCUT2D eigenvalue weighted by Crippen LogP contribution is -2.37. The predicted octanol–water partition coefficient (Wildman–Crippen LogP) is 2.81. The fourth-order valence-electron chi connectivity index (χ4n) is 3.50. The van der Waals surface area contributed by atoms with Crippen molar-refractivity contribution in [3.63, 3.8) is 0 Å². The van der Waals surface area contributed by atoms with E-state index in [9.17, 15) is 4.79 Å². The summed E-state index contributed by atoms with van der Waals surface area (Å²) in [6, 6.07) is 17.5. The molecule has 1 fully saturated rings. The lowest BCUT2D eigenvalue weighted by molar-refractivity contribution is 0.0937. The number of carbonyl (C=O) groups excluding carboxylic acids is 1. The van der Waals surface area contributed by atoms with E-state index in [2.05, 4.69) is 20.4 Å². The van der Waals surface area contributed by atoms with Crippen LogP contribution in [-0.4, -0.2) is 54.2 Å². The third kappa shape index (κ3) is 4.63. The first-order valence-corrected chi connectivity index (χ1v) is 9.77. The number of rotatable bonds is 6. The summed E-state index contributed by atoms with van der Waals surface area (Å²) in [5.74, 6) is 1.16. The molecule has 7 heteroatoms. The van der Waals surface area contributed by atoms with Crippen LogP contribution in [0.25, 0.3) is 11.5 Å². The number of benzene rings is 2. The van der Waals surface area contributed by atoms with E-state index in [1.807, 2.05) is 73.6 Å². The molecular weight excluding hydrogens is 366 g/mol. The van der Waals surface area contributed by atoms with Crippen molar-refractivity contribution in [1.29, 1.82) is 0 Å². The first kappa shape index (κ1) is 19.1. The molecule has 1 saturated heterocycles. The Kier molecular flexibility index (Phi) is 5.57. The SMILES string of the molecule is CN(C)c1cccc(C(=O)N[C@@H]2CCN(Cc3noc(-c4ccccc4)n3)C2)c1. The summed E-state index contributed by atoms with van der Waals surface area (Å²) in [6.45, 7) is 2.27. The highest BCUT2D eigenvalue weighted by molar-refractivity contribution is 5.95. The van der Waals surface area contributed by atoms with Crippen LogP contribution in [-0.2, 0) is 6.54 Å². The molecule has 2 heterocycles. The van der Waals surface area contributed by atoms with Crippen molar-refractivity contribution in [3.05, 3.63) is 66.0 Å². The Labute approximate surface area is 170 Å². The van der Waals surface area contributed by atoms with E-state index >= 15 is 0 Å². The predicted molar refractivity (Wildman–Crippen MR) is 112 cm³/mol. The van der Waals surface area contributed by atoms with Crippen molar-refractivity contribution in [2.45, 2.75) is 19.0 Å². The van der Waals surface area contributed by atoms with E-state index in [1.165, 1.54) is 0 Å². The molecule has 0 spiro atoms. The summed E-state index contributed by atoms with van der Waals surface area (Å²) < 4.78 is 5.38. The van der Waals surface area contributed by atoms with Crippen LogP contribution >= 0.6 is 0 Å². The molecule has 7 nitrogen and oxygen atoms in total. The molecular formula is C22H25N5O2. The van der Waals surface area contributed by atoms with Gasteiger partial charge in [-0.2, -0.15) is 4.98 Å². The quantitative estimate of drug-likeness (QED) is 0.697. The van der Waals surface area contributed by atoms with Gasteiger partial charge >= 0.3 is 0 Å². The number of hydrogen-bond acceptors (Lipinski definition) is 6. The standard InChI is InChI=1S/C22H25N5O2/c1-26(2)19-10-6-9-17(13-19)21(28)23-18-11-12-27(14-18)15-20-24-22(29-25-20)16-7-4-3-5-8-16/h3-10,13,18H,11-12,14-15H2,1-2H3,(H,23,28)/t18-/m1/s1. The smallest absolute Gasteiger partial charge is 0.257 e. The monoisotopic (exact) mass is 391 g/mol. The minimum atomic E-state index is -0.0357. The number of amides is 1. The van der Waals surface area contributed by atoms with Gasteiger partial charge in [-0.25, -0.2) is 0 Å². The van der Waals surface area contributed by atoms with E-state index in [-0.39, 0.29) is 11.9 Å². The van der Waals surface area contributed by atoms with E-state index < -0.39 is 0 Å². The molecule has 2 aromatic carbocycles. The zero-order valence-electron chi connectivity index (χ0n) is 16.7. The number of nitrogens with one attached hydrogen (secondary N) is 1. The number of hydrogen-bond donors (Lipinski definition) is 1. The molecule has 0 radical (unpaired) electrons. The molecule has 1 amide bonds. The van der Waals surface area contributed by atoms with Gasteiger partial charge in [0.1, 0.15) is 0 Å². The van der Waals surface area contributed by atoms with Gasteiger partial charge in [-0.3, -0.25) is 9.69 Å². The van der Waals surface area contributed by atoms with Gasteiger partial charge in [0.25, 0.3) is 11.8 Å². The lowest BCUT2D eigenvalue weighted by atomic mass is 10.1. The van der Waals surface area contributed by atoms with Crippen molar-refractivity contribution < 1.29 is 9.32 Å². The molecule has 0 aliphatic carbocycles. The molecule has 29 heavy (non-hydrogen) atoms. The van der Waals surface area contributed by atoms with Crippen LogP contribution in [0.3, 0.4) is 0 Å². The number of anilines is 1. The summed E-state index contributed by atoms with van der Waals surface area (Å²) in [6.07, 6.45) is 0.905. The largest absolute Gasteiger partial charge is 0.378 e.